The Balaban J connectivity index is 2.22. The summed E-state index contributed by atoms with van der Waals surface area (Å²) in [6, 6.07) is 0. The molecule has 1 aromatic rings. The van der Waals surface area contributed by atoms with Crippen molar-refractivity contribution in [2.75, 3.05) is 20.3 Å². The summed E-state index contributed by atoms with van der Waals surface area (Å²) in [6.07, 6.45) is 1.29. The summed E-state index contributed by atoms with van der Waals surface area (Å²) in [5.41, 5.74) is 2.72. The van der Waals surface area contributed by atoms with Crippen LogP contribution in [0.3, 0.4) is 0 Å². The van der Waals surface area contributed by atoms with Gasteiger partial charge in [-0.3, -0.25) is 4.79 Å². The van der Waals surface area contributed by atoms with Crippen molar-refractivity contribution in [3.63, 3.8) is 0 Å². The average molecular weight is 228 g/mol. The van der Waals surface area contributed by atoms with E-state index < -0.39 is 0 Å². The smallest absolute Gasteiger partial charge is 0.225 e. The molecule has 0 saturated heterocycles. The van der Waals surface area contributed by atoms with Crippen LogP contribution in [0.25, 0.3) is 0 Å². The maximum Gasteiger partial charge on any atom is 0.225 e. The first-order chi connectivity index (χ1) is 7.24. The number of rotatable bonds is 6. The molecule has 1 aromatic heterocycles. The van der Waals surface area contributed by atoms with Crippen LogP contribution in [0.2, 0.25) is 0 Å². The Morgan fingerprint density at radius 3 is 3.07 bits per heavy atom. The Hall–Kier alpha value is -0.940. The van der Waals surface area contributed by atoms with E-state index in [0.29, 0.717) is 19.6 Å². The fraction of sp³-hybridized carbons (Fsp3) is 0.600. The van der Waals surface area contributed by atoms with Crippen LogP contribution in [0, 0.1) is 6.92 Å². The molecule has 0 bridgehead atoms. The van der Waals surface area contributed by atoms with Gasteiger partial charge in [0.1, 0.15) is 0 Å². The van der Waals surface area contributed by atoms with E-state index in [0.717, 1.165) is 17.0 Å². The molecule has 0 saturated carbocycles. The molecule has 0 atom stereocenters. The molecule has 1 N–H and O–H groups in total. The third-order valence-electron chi connectivity index (χ3n) is 2.01. The molecule has 0 aliphatic heterocycles. The number of carbonyl (C=O) groups excluding carboxylic acids is 1. The van der Waals surface area contributed by atoms with Gasteiger partial charge < -0.3 is 10.1 Å². The van der Waals surface area contributed by atoms with E-state index in [1.165, 1.54) is 11.3 Å². The average Bonchev–Trinajstić information content (AvgIpc) is 2.59. The van der Waals surface area contributed by atoms with E-state index in [9.17, 15) is 4.79 Å². The lowest BCUT2D eigenvalue weighted by atomic mass is 10.3. The van der Waals surface area contributed by atoms with Gasteiger partial charge in [-0.05, 0) is 13.3 Å². The number of methoxy groups -OCH3 is 1. The molecule has 0 radical (unpaired) electrons. The number of nitrogens with one attached hydrogen (secondary N) is 1. The number of amides is 1. The number of carbonyl (C=O) groups is 1. The quantitative estimate of drug-likeness (QED) is 0.743. The first-order valence-electron chi connectivity index (χ1n) is 4.88. The number of aromatic nitrogens is 1. The fourth-order valence-electron chi connectivity index (χ4n) is 1.15. The van der Waals surface area contributed by atoms with Crippen LogP contribution < -0.4 is 5.32 Å². The van der Waals surface area contributed by atoms with Crippen LogP contribution >= 0.6 is 11.3 Å². The monoisotopic (exact) mass is 228 g/mol. The highest BCUT2D eigenvalue weighted by atomic mass is 32.1. The predicted octanol–water partition coefficient (Wildman–Crippen LogP) is 1.15. The van der Waals surface area contributed by atoms with E-state index in [-0.39, 0.29) is 5.91 Å². The zero-order chi connectivity index (χ0) is 11.1. The van der Waals surface area contributed by atoms with E-state index >= 15 is 0 Å². The molecule has 15 heavy (non-hydrogen) atoms. The third-order valence-corrected chi connectivity index (χ3v) is 2.95. The lowest BCUT2D eigenvalue weighted by Crippen LogP contribution is -2.26. The van der Waals surface area contributed by atoms with Gasteiger partial charge in [-0.2, -0.15) is 0 Å². The van der Waals surface area contributed by atoms with Crippen molar-refractivity contribution in [3.8, 4) is 0 Å². The molecule has 0 spiro atoms. The number of thiazole rings is 1. The van der Waals surface area contributed by atoms with Gasteiger partial charge >= 0.3 is 0 Å². The summed E-state index contributed by atoms with van der Waals surface area (Å²) in [4.78, 5) is 16.6. The van der Waals surface area contributed by atoms with Gasteiger partial charge in [0, 0.05) is 25.1 Å². The van der Waals surface area contributed by atoms with Gasteiger partial charge in [0.05, 0.1) is 17.6 Å². The maximum atomic E-state index is 11.5. The van der Waals surface area contributed by atoms with E-state index in [1.54, 1.807) is 12.6 Å². The number of ether oxygens (including phenoxy) is 1. The molecule has 1 amide bonds. The lowest BCUT2D eigenvalue weighted by Gasteiger charge is -2.03. The molecule has 0 fully saturated rings. The lowest BCUT2D eigenvalue weighted by molar-refractivity contribution is -0.120. The second kappa shape index (κ2) is 6.53. The SMILES string of the molecule is COCCCNC(=O)Cc1scnc1C. The summed E-state index contributed by atoms with van der Waals surface area (Å²) in [5.74, 6) is 0.0541. The zero-order valence-corrected chi connectivity index (χ0v) is 9.89. The summed E-state index contributed by atoms with van der Waals surface area (Å²) >= 11 is 1.52. The summed E-state index contributed by atoms with van der Waals surface area (Å²) < 4.78 is 4.89. The molecule has 0 aromatic carbocycles. The largest absolute Gasteiger partial charge is 0.385 e. The van der Waals surface area contributed by atoms with Crippen molar-refractivity contribution in [1.82, 2.24) is 10.3 Å². The molecule has 84 valence electrons. The van der Waals surface area contributed by atoms with Gasteiger partial charge in [-0.1, -0.05) is 0 Å². The molecular weight excluding hydrogens is 212 g/mol. The molecule has 4 nitrogen and oxygen atoms in total. The van der Waals surface area contributed by atoms with Gasteiger partial charge in [0.15, 0.2) is 0 Å². The Kier molecular flexibility index (Phi) is 5.28. The van der Waals surface area contributed by atoms with Crippen molar-refractivity contribution in [2.45, 2.75) is 19.8 Å². The van der Waals surface area contributed by atoms with Gasteiger partial charge in [-0.25, -0.2) is 4.98 Å². The number of nitrogens with zero attached hydrogens (tertiary/aromatic N) is 1. The second-order valence-electron chi connectivity index (χ2n) is 3.23. The first-order valence-corrected chi connectivity index (χ1v) is 5.76. The van der Waals surface area contributed by atoms with E-state index in [4.69, 9.17) is 4.74 Å². The summed E-state index contributed by atoms with van der Waals surface area (Å²) in [6.45, 7) is 3.27. The molecule has 1 heterocycles. The fourth-order valence-corrected chi connectivity index (χ4v) is 1.92. The standard InChI is InChI=1S/C10H16N2O2S/c1-8-9(15-7-12-8)6-10(13)11-4-3-5-14-2/h7H,3-6H2,1-2H3,(H,11,13). The van der Waals surface area contributed by atoms with Crippen molar-refractivity contribution in [2.24, 2.45) is 0 Å². The highest BCUT2D eigenvalue weighted by Gasteiger charge is 2.07. The minimum absolute atomic E-state index is 0.0541. The van der Waals surface area contributed by atoms with Gasteiger partial charge in [0.2, 0.25) is 5.91 Å². The van der Waals surface area contributed by atoms with Crippen molar-refractivity contribution in [1.29, 1.82) is 0 Å². The second-order valence-corrected chi connectivity index (χ2v) is 4.17. The van der Waals surface area contributed by atoms with Crippen LogP contribution in [0.1, 0.15) is 17.0 Å². The van der Waals surface area contributed by atoms with Crippen molar-refractivity contribution in [3.05, 3.63) is 16.1 Å². The van der Waals surface area contributed by atoms with E-state index in [1.807, 2.05) is 6.92 Å². The zero-order valence-electron chi connectivity index (χ0n) is 9.08. The predicted molar refractivity (Wildman–Crippen MR) is 60.1 cm³/mol. The highest BCUT2D eigenvalue weighted by Crippen LogP contribution is 2.12. The topological polar surface area (TPSA) is 51.2 Å². The molecular formula is C10H16N2O2S. The summed E-state index contributed by atoms with van der Waals surface area (Å²) in [5, 5.41) is 2.84. The normalized spacial score (nSPS) is 10.3. The molecule has 5 heteroatoms. The van der Waals surface area contributed by atoms with Crippen LogP contribution in [-0.4, -0.2) is 31.2 Å². The van der Waals surface area contributed by atoms with E-state index in [2.05, 4.69) is 10.3 Å². The molecule has 1 rings (SSSR count). The Labute approximate surface area is 93.7 Å². The third kappa shape index (κ3) is 4.40. The number of hydrogen-bond acceptors (Lipinski definition) is 4. The highest BCUT2D eigenvalue weighted by molar-refractivity contribution is 7.09. The molecule has 0 unspecified atom stereocenters. The minimum Gasteiger partial charge on any atom is -0.385 e. The van der Waals surface area contributed by atoms with Crippen LogP contribution in [0.15, 0.2) is 5.51 Å². The van der Waals surface area contributed by atoms with Crippen LogP contribution in [0.5, 0.6) is 0 Å². The summed E-state index contributed by atoms with van der Waals surface area (Å²) in [7, 11) is 1.66. The van der Waals surface area contributed by atoms with Gasteiger partial charge in [0.25, 0.3) is 0 Å². The van der Waals surface area contributed by atoms with Crippen LogP contribution in [0.4, 0.5) is 0 Å². The number of aryl methyl sites for hydroxylation is 1. The minimum atomic E-state index is 0.0541. The van der Waals surface area contributed by atoms with Gasteiger partial charge in [-0.15, -0.1) is 11.3 Å². The van der Waals surface area contributed by atoms with Crippen LogP contribution in [-0.2, 0) is 16.0 Å². The Morgan fingerprint density at radius 2 is 2.47 bits per heavy atom. The van der Waals surface area contributed by atoms with Crippen molar-refractivity contribution >= 4 is 17.2 Å². The maximum absolute atomic E-state index is 11.5. The first kappa shape index (κ1) is 12.1. The number of hydrogen-bond donors (Lipinski definition) is 1. The van der Waals surface area contributed by atoms with Crippen molar-refractivity contribution < 1.29 is 9.53 Å². The Morgan fingerprint density at radius 1 is 1.67 bits per heavy atom. The Bertz CT molecular complexity index is 312. The molecule has 0 aliphatic carbocycles. The molecule has 0 aliphatic rings.